The van der Waals surface area contributed by atoms with Crippen molar-refractivity contribution in [3.63, 3.8) is 0 Å². The second-order valence-electron chi connectivity index (χ2n) is 14.4. The number of para-hydroxylation sites is 5. The smallest absolute Gasteiger partial charge is 0.183 e. The average Bonchev–Trinajstić information content (AvgIpc) is 3.94. The van der Waals surface area contributed by atoms with E-state index in [0.29, 0.717) is 5.82 Å². The topological polar surface area (TPSA) is 53.5 Å². The maximum atomic E-state index is 5.32. The first kappa shape index (κ1) is 32.1. The molecule has 0 aliphatic heterocycles. The standard InChI is InChI=1S/C50H36N6/c1-54-50(52-49(53-54)42-27-14-25-40-38-23-9-11-31-46(38)56(48(40)42)36-20-6-3-7-21-36)34-17-12-16-33(32-34)43-28-15-29-44(51-43)41-26-13-24-39-37-22-8-10-30-45(37)55(47(39)41)35-18-4-2-5-19-35/h2,4-6,8-32H,3,7H2,1H3. The molecule has 6 heteroatoms. The van der Waals surface area contributed by atoms with Crippen molar-refractivity contribution in [1.29, 1.82) is 0 Å². The Balaban J connectivity index is 1.02. The molecule has 0 N–H and O–H groups in total. The number of benzene rings is 6. The molecule has 266 valence electrons. The van der Waals surface area contributed by atoms with Crippen molar-refractivity contribution in [2.45, 2.75) is 12.8 Å². The van der Waals surface area contributed by atoms with Crippen LogP contribution in [0.15, 0.2) is 176 Å². The molecule has 1 aliphatic carbocycles. The first-order valence-electron chi connectivity index (χ1n) is 19.2. The Morgan fingerprint density at radius 3 is 1.89 bits per heavy atom. The predicted molar refractivity (Wildman–Crippen MR) is 231 cm³/mol. The number of fused-ring (bicyclic) bond motifs is 6. The van der Waals surface area contributed by atoms with Gasteiger partial charge in [0.2, 0.25) is 0 Å². The summed E-state index contributed by atoms with van der Waals surface area (Å²) in [6.07, 6.45) is 8.92. The highest BCUT2D eigenvalue weighted by atomic mass is 15.3. The van der Waals surface area contributed by atoms with Gasteiger partial charge in [-0.1, -0.05) is 121 Å². The molecule has 0 saturated carbocycles. The summed E-state index contributed by atoms with van der Waals surface area (Å²) < 4.78 is 6.64. The average molecular weight is 721 g/mol. The number of allylic oxidation sites excluding steroid dienone is 4. The molecule has 0 amide bonds. The fraction of sp³-hybridized carbons (Fsp3) is 0.0600. The van der Waals surface area contributed by atoms with Crippen LogP contribution in [-0.4, -0.2) is 28.9 Å². The van der Waals surface area contributed by atoms with E-state index >= 15 is 0 Å². The molecule has 4 aromatic heterocycles. The molecule has 10 aromatic rings. The molecule has 1 aliphatic rings. The number of pyridine rings is 1. The molecule has 0 unspecified atom stereocenters. The Morgan fingerprint density at radius 1 is 0.500 bits per heavy atom. The lowest BCUT2D eigenvalue weighted by molar-refractivity contribution is 0.777. The molecule has 0 spiro atoms. The molecule has 4 heterocycles. The second-order valence-corrected chi connectivity index (χ2v) is 14.4. The normalized spacial score (nSPS) is 13.0. The van der Waals surface area contributed by atoms with E-state index in [0.717, 1.165) is 69.0 Å². The van der Waals surface area contributed by atoms with E-state index in [1.165, 1.54) is 38.3 Å². The molecular weight excluding hydrogens is 685 g/mol. The van der Waals surface area contributed by atoms with Crippen LogP contribution in [0.25, 0.3) is 100 Å². The van der Waals surface area contributed by atoms with E-state index in [4.69, 9.17) is 15.1 Å². The maximum Gasteiger partial charge on any atom is 0.183 e. The van der Waals surface area contributed by atoms with Crippen molar-refractivity contribution in [3.05, 3.63) is 176 Å². The van der Waals surface area contributed by atoms with Gasteiger partial charge in [0.05, 0.1) is 33.5 Å². The fourth-order valence-corrected chi connectivity index (χ4v) is 8.62. The number of hydrogen-bond donors (Lipinski definition) is 0. The summed E-state index contributed by atoms with van der Waals surface area (Å²) in [4.78, 5) is 10.5. The van der Waals surface area contributed by atoms with E-state index in [1.807, 2.05) is 11.7 Å². The summed E-state index contributed by atoms with van der Waals surface area (Å²) >= 11 is 0. The molecule has 0 fully saturated rings. The van der Waals surface area contributed by atoms with Crippen molar-refractivity contribution < 1.29 is 0 Å². The van der Waals surface area contributed by atoms with E-state index in [1.54, 1.807) is 0 Å². The minimum atomic E-state index is 0.699. The van der Waals surface area contributed by atoms with Gasteiger partial charge in [-0.05, 0) is 67.4 Å². The summed E-state index contributed by atoms with van der Waals surface area (Å²) in [7, 11) is 1.98. The Bertz CT molecular complexity index is 3210. The molecule has 0 saturated heterocycles. The molecule has 0 radical (unpaired) electrons. The largest absolute Gasteiger partial charge is 0.309 e. The molecule has 56 heavy (non-hydrogen) atoms. The Kier molecular flexibility index (Phi) is 7.42. The SMILES string of the molecule is Cn1nc(-c2cccc3c4ccccc4n(C4=CCCC=C4)c23)nc1-c1cccc(-c2cccc(-c3cccc4c5ccccc5n(-c5ccccc5)c34)n2)c1. The van der Waals surface area contributed by atoms with Crippen molar-refractivity contribution in [3.8, 4) is 51.0 Å². The highest BCUT2D eigenvalue weighted by Gasteiger charge is 2.21. The molecule has 6 nitrogen and oxygen atoms in total. The first-order valence-corrected chi connectivity index (χ1v) is 19.2. The zero-order chi connectivity index (χ0) is 37.2. The maximum absolute atomic E-state index is 5.32. The summed E-state index contributed by atoms with van der Waals surface area (Å²) in [5.74, 6) is 1.50. The number of aromatic nitrogens is 6. The van der Waals surface area contributed by atoms with E-state index in [2.05, 4.69) is 185 Å². The number of aryl methyl sites for hydroxylation is 1. The number of rotatable bonds is 6. The summed E-state index contributed by atoms with van der Waals surface area (Å²) in [6, 6.07) is 55.7. The fourth-order valence-electron chi connectivity index (χ4n) is 8.62. The summed E-state index contributed by atoms with van der Waals surface area (Å²) in [5, 5.41) is 9.88. The Morgan fingerprint density at radius 2 is 1.12 bits per heavy atom. The van der Waals surface area contributed by atoms with Gasteiger partial charge in [0.25, 0.3) is 0 Å². The third-order valence-corrected chi connectivity index (χ3v) is 11.1. The summed E-state index contributed by atoms with van der Waals surface area (Å²) in [5.41, 5.74) is 12.9. The minimum Gasteiger partial charge on any atom is -0.309 e. The lowest BCUT2D eigenvalue weighted by Crippen LogP contribution is -1.99. The third kappa shape index (κ3) is 5.07. The van der Waals surface area contributed by atoms with Crippen LogP contribution in [0.1, 0.15) is 12.8 Å². The van der Waals surface area contributed by atoms with Crippen LogP contribution in [0.2, 0.25) is 0 Å². The lowest BCUT2D eigenvalue weighted by Gasteiger charge is -2.13. The van der Waals surface area contributed by atoms with Gasteiger partial charge in [0.1, 0.15) is 0 Å². The molecule has 0 atom stereocenters. The Hall–Kier alpha value is -7.31. The van der Waals surface area contributed by atoms with Gasteiger partial charge < -0.3 is 9.13 Å². The van der Waals surface area contributed by atoms with Gasteiger partial charge in [-0.2, -0.15) is 5.10 Å². The van der Waals surface area contributed by atoms with Gasteiger partial charge in [-0.15, -0.1) is 0 Å². The molecule has 11 rings (SSSR count). The second kappa shape index (κ2) is 12.9. The first-order chi connectivity index (χ1) is 27.7. The van der Waals surface area contributed by atoms with Crippen LogP contribution in [0.3, 0.4) is 0 Å². The molecular formula is C50H36N6. The van der Waals surface area contributed by atoms with Crippen LogP contribution >= 0.6 is 0 Å². The van der Waals surface area contributed by atoms with E-state index in [9.17, 15) is 0 Å². The highest BCUT2D eigenvalue weighted by molar-refractivity contribution is 6.15. The van der Waals surface area contributed by atoms with Gasteiger partial charge in [0, 0.05) is 62.2 Å². The van der Waals surface area contributed by atoms with Crippen LogP contribution in [0, 0.1) is 0 Å². The zero-order valence-electron chi connectivity index (χ0n) is 30.8. The van der Waals surface area contributed by atoms with E-state index in [-0.39, 0.29) is 0 Å². The number of hydrogen-bond acceptors (Lipinski definition) is 3. The van der Waals surface area contributed by atoms with Gasteiger partial charge in [0.15, 0.2) is 11.6 Å². The van der Waals surface area contributed by atoms with Gasteiger partial charge in [-0.3, -0.25) is 0 Å². The molecule has 0 bridgehead atoms. The monoisotopic (exact) mass is 720 g/mol. The van der Waals surface area contributed by atoms with Gasteiger partial charge >= 0.3 is 0 Å². The zero-order valence-corrected chi connectivity index (χ0v) is 30.8. The van der Waals surface area contributed by atoms with E-state index < -0.39 is 0 Å². The molecule has 6 aromatic carbocycles. The van der Waals surface area contributed by atoms with Crippen LogP contribution in [0.5, 0.6) is 0 Å². The quantitative estimate of drug-likeness (QED) is 0.172. The third-order valence-electron chi connectivity index (χ3n) is 11.1. The Labute approximate surface area is 323 Å². The van der Waals surface area contributed by atoms with Crippen molar-refractivity contribution >= 4 is 49.3 Å². The van der Waals surface area contributed by atoms with Crippen LogP contribution < -0.4 is 0 Å². The van der Waals surface area contributed by atoms with Crippen molar-refractivity contribution in [2.75, 3.05) is 0 Å². The van der Waals surface area contributed by atoms with Gasteiger partial charge in [-0.25, -0.2) is 14.6 Å². The number of nitrogens with zero attached hydrogens (tertiary/aromatic N) is 6. The van der Waals surface area contributed by atoms with Crippen molar-refractivity contribution in [2.24, 2.45) is 7.05 Å². The minimum absolute atomic E-state index is 0.699. The highest BCUT2D eigenvalue weighted by Crippen LogP contribution is 2.40. The summed E-state index contributed by atoms with van der Waals surface area (Å²) in [6.45, 7) is 0. The lowest BCUT2D eigenvalue weighted by atomic mass is 10.0. The van der Waals surface area contributed by atoms with Crippen molar-refractivity contribution in [1.82, 2.24) is 28.9 Å². The predicted octanol–water partition coefficient (Wildman–Crippen LogP) is 12.3. The van der Waals surface area contributed by atoms with Crippen LogP contribution in [0.4, 0.5) is 0 Å². The van der Waals surface area contributed by atoms with Crippen LogP contribution in [-0.2, 0) is 7.05 Å².